The zero-order valence-corrected chi connectivity index (χ0v) is 14.3. The van der Waals surface area contributed by atoms with Crippen molar-refractivity contribution in [1.82, 2.24) is 20.0 Å². The van der Waals surface area contributed by atoms with Gasteiger partial charge in [-0.3, -0.25) is 15.3 Å². The van der Waals surface area contributed by atoms with Gasteiger partial charge in [0.1, 0.15) is 5.01 Å². The molecule has 3 aromatic rings. The van der Waals surface area contributed by atoms with Gasteiger partial charge >= 0.3 is 6.03 Å². The maximum atomic E-state index is 12.2. The Balaban J connectivity index is 1.46. The van der Waals surface area contributed by atoms with Gasteiger partial charge < -0.3 is 4.74 Å². The molecule has 2 amide bonds. The summed E-state index contributed by atoms with van der Waals surface area (Å²) in [4.78, 5) is 12.2. The number of hydrogen-bond acceptors (Lipinski definition) is 6. The Morgan fingerprint density at radius 1 is 1.24 bits per heavy atom. The van der Waals surface area contributed by atoms with E-state index in [1.165, 1.54) is 11.3 Å². The summed E-state index contributed by atoms with van der Waals surface area (Å²) >= 11 is 1.31. The minimum absolute atomic E-state index is 0.401. The number of benzene rings is 1. The molecule has 2 aromatic heterocycles. The second kappa shape index (κ2) is 6.61. The van der Waals surface area contributed by atoms with E-state index in [4.69, 9.17) is 4.74 Å². The van der Waals surface area contributed by atoms with Crippen LogP contribution >= 0.6 is 11.3 Å². The molecular weight excluding hydrogens is 340 g/mol. The number of anilines is 2. The number of aryl methyl sites for hydroxylation is 1. The lowest BCUT2D eigenvalue weighted by molar-refractivity contribution is 0.109. The highest BCUT2D eigenvalue weighted by Gasteiger charge is 2.21. The first kappa shape index (κ1) is 15.7. The van der Waals surface area contributed by atoms with E-state index in [1.807, 2.05) is 37.4 Å². The zero-order valence-electron chi connectivity index (χ0n) is 13.5. The number of nitrogens with zero attached hydrogens (tertiary/aromatic N) is 4. The van der Waals surface area contributed by atoms with E-state index in [2.05, 4.69) is 25.9 Å². The Bertz CT molecular complexity index is 905. The molecule has 0 saturated carbocycles. The van der Waals surface area contributed by atoms with E-state index in [0.29, 0.717) is 24.2 Å². The summed E-state index contributed by atoms with van der Waals surface area (Å²) in [5, 5.41) is 19.1. The maximum Gasteiger partial charge on any atom is 0.326 e. The van der Waals surface area contributed by atoms with Crippen LogP contribution in [0.15, 0.2) is 30.3 Å². The predicted octanol–water partition coefficient (Wildman–Crippen LogP) is 2.66. The van der Waals surface area contributed by atoms with Crippen LogP contribution in [0.1, 0.15) is 11.3 Å². The lowest BCUT2D eigenvalue weighted by Crippen LogP contribution is -2.21. The number of carbonyl (C=O) groups is 1. The molecule has 1 aliphatic heterocycles. The minimum atomic E-state index is -0.401. The van der Waals surface area contributed by atoms with Crippen LogP contribution in [0.5, 0.6) is 0 Å². The fourth-order valence-corrected chi connectivity index (χ4v) is 3.46. The van der Waals surface area contributed by atoms with Gasteiger partial charge in [-0.05, 0) is 0 Å². The van der Waals surface area contributed by atoms with Crippen LogP contribution in [0.4, 0.5) is 15.7 Å². The number of rotatable bonds is 3. The minimum Gasteiger partial charge on any atom is -0.376 e. The number of ether oxygens (including phenoxy) is 1. The number of amides is 2. The molecule has 0 unspecified atom stereocenters. The highest BCUT2D eigenvalue weighted by Crippen LogP contribution is 2.27. The Morgan fingerprint density at radius 2 is 2.08 bits per heavy atom. The molecule has 128 valence electrons. The van der Waals surface area contributed by atoms with Crippen LogP contribution in [-0.2, 0) is 24.8 Å². The molecule has 4 rings (SSSR count). The third-order valence-electron chi connectivity index (χ3n) is 3.90. The Hall–Kier alpha value is -2.78. The van der Waals surface area contributed by atoms with Crippen molar-refractivity contribution in [3.05, 3.63) is 41.6 Å². The van der Waals surface area contributed by atoms with Crippen molar-refractivity contribution in [2.24, 2.45) is 7.05 Å². The van der Waals surface area contributed by atoms with E-state index in [9.17, 15) is 4.79 Å². The van der Waals surface area contributed by atoms with E-state index >= 15 is 0 Å². The van der Waals surface area contributed by atoms with Crippen LogP contribution in [0.25, 0.3) is 10.6 Å². The maximum absolute atomic E-state index is 12.2. The third-order valence-corrected chi connectivity index (χ3v) is 4.79. The Kier molecular flexibility index (Phi) is 4.16. The molecule has 0 spiro atoms. The van der Waals surface area contributed by atoms with Crippen molar-refractivity contribution >= 4 is 28.3 Å². The quantitative estimate of drug-likeness (QED) is 0.752. The molecule has 1 aliphatic rings. The van der Waals surface area contributed by atoms with E-state index < -0.39 is 6.03 Å². The number of hydrogen-bond donors (Lipinski definition) is 2. The van der Waals surface area contributed by atoms with Crippen molar-refractivity contribution in [3.63, 3.8) is 0 Å². The topological polar surface area (TPSA) is 94.0 Å². The predicted molar refractivity (Wildman–Crippen MR) is 94.6 cm³/mol. The number of urea groups is 1. The molecule has 0 fully saturated rings. The number of nitrogens with one attached hydrogen (secondary N) is 2. The normalized spacial score (nSPS) is 13.3. The number of aromatic nitrogens is 4. The summed E-state index contributed by atoms with van der Waals surface area (Å²) in [5.41, 5.74) is 2.97. The fraction of sp³-hybridized carbons (Fsp3) is 0.250. The molecule has 0 aliphatic carbocycles. The molecule has 25 heavy (non-hydrogen) atoms. The first-order valence-electron chi connectivity index (χ1n) is 7.80. The molecule has 2 N–H and O–H groups in total. The standard InChI is InChI=1S/C16H16N6O2S/c1-22-12-7-8-24-9-11(12)13(21-22)17-15(23)18-16-20-19-14(25-16)10-5-3-2-4-6-10/h2-6H,7-9H2,1H3,(H2,17,18,20,21,23). The third kappa shape index (κ3) is 3.24. The monoisotopic (exact) mass is 356 g/mol. The zero-order chi connectivity index (χ0) is 17.2. The smallest absolute Gasteiger partial charge is 0.326 e. The second-order valence-electron chi connectivity index (χ2n) is 5.56. The summed E-state index contributed by atoms with van der Waals surface area (Å²) < 4.78 is 7.24. The summed E-state index contributed by atoms with van der Waals surface area (Å²) in [6, 6.07) is 9.30. The molecule has 3 heterocycles. The van der Waals surface area contributed by atoms with Gasteiger partial charge in [-0.1, -0.05) is 41.7 Å². The van der Waals surface area contributed by atoms with Gasteiger partial charge in [-0.15, -0.1) is 10.2 Å². The summed E-state index contributed by atoms with van der Waals surface area (Å²) in [7, 11) is 1.87. The summed E-state index contributed by atoms with van der Waals surface area (Å²) in [5.74, 6) is 0.516. The average Bonchev–Trinajstić information content (AvgIpc) is 3.21. The molecular formula is C16H16N6O2S. The number of carbonyl (C=O) groups excluding carboxylic acids is 1. The van der Waals surface area contributed by atoms with Crippen molar-refractivity contribution < 1.29 is 9.53 Å². The molecule has 8 nitrogen and oxygen atoms in total. The van der Waals surface area contributed by atoms with Crippen LogP contribution < -0.4 is 10.6 Å². The molecule has 0 saturated heterocycles. The van der Waals surface area contributed by atoms with Crippen molar-refractivity contribution in [3.8, 4) is 10.6 Å². The van der Waals surface area contributed by atoms with Crippen LogP contribution in [-0.4, -0.2) is 32.6 Å². The van der Waals surface area contributed by atoms with Gasteiger partial charge in [0, 0.05) is 30.3 Å². The average molecular weight is 356 g/mol. The molecule has 0 atom stereocenters. The second-order valence-corrected chi connectivity index (χ2v) is 6.54. The highest BCUT2D eigenvalue weighted by molar-refractivity contribution is 7.18. The molecule has 0 radical (unpaired) electrons. The summed E-state index contributed by atoms with van der Waals surface area (Å²) in [6.45, 7) is 1.13. The van der Waals surface area contributed by atoms with Crippen molar-refractivity contribution in [2.75, 3.05) is 17.2 Å². The van der Waals surface area contributed by atoms with Gasteiger partial charge in [0.2, 0.25) is 5.13 Å². The number of fused-ring (bicyclic) bond motifs is 1. The molecule has 0 bridgehead atoms. The van der Waals surface area contributed by atoms with Gasteiger partial charge in [0.25, 0.3) is 0 Å². The fourth-order valence-electron chi connectivity index (χ4n) is 2.72. The molecule has 9 heteroatoms. The lowest BCUT2D eigenvalue weighted by atomic mass is 10.1. The van der Waals surface area contributed by atoms with Crippen molar-refractivity contribution in [2.45, 2.75) is 13.0 Å². The summed E-state index contributed by atoms with van der Waals surface area (Å²) in [6.07, 6.45) is 0.791. The van der Waals surface area contributed by atoms with Crippen LogP contribution in [0.3, 0.4) is 0 Å². The largest absolute Gasteiger partial charge is 0.376 e. The van der Waals surface area contributed by atoms with E-state index in [-0.39, 0.29) is 0 Å². The highest BCUT2D eigenvalue weighted by atomic mass is 32.1. The molecule has 1 aromatic carbocycles. The first-order chi connectivity index (χ1) is 12.2. The van der Waals surface area contributed by atoms with E-state index in [0.717, 1.165) is 28.2 Å². The van der Waals surface area contributed by atoms with Crippen molar-refractivity contribution in [1.29, 1.82) is 0 Å². The Labute approximate surface area is 147 Å². The van der Waals surface area contributed by atoms with E-state index in [1.54, 1.807) is 4.68 Å². The van der Waals surface area contributed by atoms with Gasteiger partial charge in [0.05, 0.1) is 13.2 Å². The van der Waals surface area contributed by atoms with Gasteiger partial charge in [-0.25, -0.2) is 4.79 Å². The van der Waals surface area contributed by atoms with Crippen LogP contribution in [0, 0.1) is 0 Å². The van der Waals surface area contributed by atoms with Gasteiger partial charge in [-0.2, -0.15) is 5.10 Å². The first-order valence-corrected chi connectivity index (χ1v) is 8.62. The van der Waals surface area contributed by atoms with Crippen LogP contribution in [0.2, 0.25) is 0 Å². The van der Waals surface area contributed by atoms with Gasteiger partial charge in [0.15, 0.2) is 5.82 Å². The SMILES string of the molecule is Cn1nc(NC(=O)Nc2nnc(-c3ccccc3)s2)c2c1CCOC2. The Morgan fingerprint density at radius 3 is 2.92 bits per heavy atom. The lowest BCUT2D eigenvalue weighted by Gasteiger charge is -2.13.